The Morgan fingerprint density at radius 1 is 1.67 bits per heavy atom. The fourth-order valence-corrected chi connectivity index (χ4v) is 1.43. The summed E-state index contributed by atoms with van der Waals surface area (Å²) in [5.41, 5.74) is 0.151. The number of hydrogen-bond acceptors (Lipinski definition) is 2. The minimum absolute atomic E-state index is 0.439. The predicted octanol–water partition coefficient (Wildman–Crippen LogP) is 1.21. The third-order valence-corrected chi connectivity index (χ3v) is 2.23. The molecule has 0 bridgehead atoms. The highest BCUT2D eigenvalue weighted by Gasteiger charge is 2.05. The standard InChI is InChI=1S/C8H9ClO2S/c9-8(10)5-6-1-3-7(12-11)4-2-6/h1-3,8,10H,4-5H2. The Bertz CT molecular complexity index is 275. The van der Waals surface area contributed by atoms with E-state index in [1.807, 2.05) is 12.2 Å². The van der Waals surface area contributed by atoms with Gasteiger partial charge in [-0.2, -0.15) is 0 Å². The number of rotatable bonds is 2. The summed E-state index contributed by atoms with van der Waals surface area (Å²) < 4.78 is 10.3. The molecule has 4 heteroatoms. The van der Waals surface area contributed by atoms with E-state index in [1.165, 1.54) is 0 Å². The van der Waals surface area contributed by atoms with Crippen molar-refractivity contribution in [3.63, 3.8) is 0 Å². The summed E-state index contributed by atoms with van der Waals surface area (Å²) in [6.45, 7) is 0. The van der Waals surface area contributed by atoms with Crippen LogP contribution in [0.15, 0.2) is 23.8 Å². The quantitative estimate of drug-likeness (QED) is 0.542. The van der Waals surface area contributed by atoms with Crippen molar-refractivity contribution in [1.82, 2.24) is 0 Å². The third kappa shape index (κ3) is 2.93. The number of aliphatic hydroxyl groups is 1. The van der Waals surface area contributed by atoms with E-state index >= 15 is 0 Å². The molecule has 1 aliphatic carbocycles. The number of aliphatic hydroxyl groups excluding tert-OH is 1. The van der Waals surface area contributed by atoms with Gasteiger partial charge in [-0.05, 0) is 11.6 Å². The first-order valence-electron chi connectivity index (χ1n) is 3.57. The molecule has 0 aromatic carbocycles. The zero-order valence-corrected chi connectivity index (χ0v) is 7.94. The molecule has 12 heavy (non-hydrogen) atoms. The summed E-state index contributed by atoms with van der Waals surface area (Å²) in [6, 6.07) is 0. The largest absolute Gasteiger partial charge is 0.377 e. The number of halogens is 1. The van der Waals surface area contributed by atoms with Gasteiger partial charge in [0, 0.05) is 17.7 Å². The van der Waals surface area contributed by atoms with Gasteiger partial charge in [0.1, 0.15) is 5.56 Å². The zero-order valence-electron chi connectivity index (χ0n) is 6.37. The van der Waals surface area contributed by atoms with Gasteiger partial charge >= 0.3 is 0 Å². The summed E-state index contributed by atoms with van der Waals surface area (Å²) in [7, 11) is 0. The lowest BCUT2D eigenvalue weighted by atomic mass is 10.0. The highest BCUT2D eigenvalue weighted by atomic mass is 35.5. The Morgan fingerprint density at radius 2 is 2.42 bits per heavy atom. The van der Waals surface area contributed by atoms with Crippen molar-refractivity contribution in [3.8, 4) is 0 Å². The molecular formula is C8H9ClO2S. The Balaban J connectivity index is 2.58. The maximum absolute atomic E-state index is 10.3. The van der Waals surface area contributed by atoms with Crippen LogP contribution in [-0.2, 0) is 11.3 Å². The summed E-state index contributed by atoms with van der Waals surface area (Å²) >= 11 is 5.89. The molecule has 0 aromatic rings. The average molecular weight is 205 g/mol. The summed E-state index contributed by atoms with van der Waals surface area (Å²) in [5.74, 6) is 0. The highest BCUT2D eigenvalue weighted by molar-refractivity contribution is 7.66. The van der Waals surface area contributed by atoms with Gasteiger partial charge in [0.2, 0.25) is 0 Å². The Morgan fingerprint density at radius 3 is 2.83 bits per heavy atom. The van der Waals surface area contributed by atoms with Crippen LogP contribution in [0, 0.1) is 0 Å². The maximum Gasteiger partial charge on any atom is 0.132 e. The fourth-order valence-electron chi connectivity index (χ4n) is 0.975. The monoisotopic (exact) mass is 204 g/mol. The van der Waals surface area contributed by atoms with Gasteiger partial charge in [0.25, 0.3) is 0 Å². The molecule has 1 aliphatic rings. The van der Waals surface area contributed by atoms with Crippen molar-refractivity contribution in [3.05, 3.63) is 23.8 Å². The second-order valence-electron chi connectivity index (χ2n) is 2.50. The smallest absolute Gasteiger partial charge is 0.132 e. The van der Waals surface area contributed by atoms with E-state index < -0.39 is 5.56 Å². The molecule has 0 heterocycles. The lowest BCUT2D eigenvalue weighted by Crippen LogP contribution is -2.02. The van der Waals surface area contributed by atoms with Crippen LogP contribution in [-0.4, -0.2) is 19.7 Å². The fraction of sp³-hybridized carbons (Fsp3) is 0.375. The molecule has 1 unspecified atom stereocenters. The van der Waals surface area contributed by atoms with Crippen LogP contribution in [0.2, 0.25) is 0 Å². The van der Waals surface area contributed by atoms with Crippen LogP contribution in [0.4, 0.5) is 0 Å². The Kier molecular flexibility index (Phi) is 3.72. The van der Waals surface area contributed by atoms with Crippen molar-refractivity contribution in [2.24, 2.45) is 0 Å². The van der Waals surface area contributed by atoms with Gasteiger partial charge in [0.05, 0.1) is 11.3 Å². The second kappa shape index (κ2) is 4.60. The van der Waals surface area contributed by atoms with E-state index in [0.717, 1.165) is 10.4 Å². The van der Waals surface area contributed by atoms with Crippen molar-refractivity contribution >= 4 is 27.7 Å². The number of allylic oxidation sites excluding steroid dienone is 3. The van der Waals surface area contributed by atoms with Crippen molar-refractivity contribution < 1.29 is 9.32 Å². The molecule has 0 fully saturated rings. The van der Waals surface area contributed by atoms with Crippen LogP contribution >= 0.6 is 11.6 Å². The van der Waals surface area contributed by atoms with Crippen LogP contribution < -0.4 is 0 Å². The minimum Gasteiger partial charge on any atom is -0.377 e. The van der Waals surface area contributed by atoms with Crippen molar-refractivity contribution in [2.75, 3.05) is 0 Å². The highest BCUT2D eigenvalue weighted by Crippen LogP contribution is 2.14. The first-order valence-corrected chi connectivity index (χ1v) is 4.75. The summed E-state index contributed by atoms with van der Waals surface area (Å²) in [6.07, 6.45) is 6.59. The van der Waals surface area contributed by atoms with Gasteiger partial charge in [-0.15, -0.1) is 0 Å². The second-order valence-corrected chi connectivity index (χ2v) is 3.70. The Hall–Kier alpha value is -0.380. The molecule has 0 radical (unpaired) electrons. The molecule has 1 N–H and O–H groups in total. The van der Waals surface area contributed by atoms with Gasteiger partial charge < -0.3 is 5.11 Å². The Labute approximate surface area is 79.6 Å². The summed E-state index contributed by atoms with van der Waals surface area (Å²) in [4.78, 5) is 0.794. The third-order valence-electron chi connectivity index (χ3n) is 1.56. The zero-order chi connectivity index (χ0) is 8.97. The maximum atomic E-state index is 10.3. The molecule has 0 aliphatic heterocycles. The minimum atomic E-state index is -0.831. The van der Waals surface area contributed by atoms with E-state index in [2.05, 4.69) is 0 Å². The predicted molar refractivity (Wildman–Crippen MR) is 51.5 cm³/mol. The molecule has 0 amide bonds. The molecule has 0 spiro atoms. The number of hydrogen-bond donors (Lipinski definition) is 1. The van der Waals surface area contributed by atoms with Crippen LogP contribution in [0.25, 0.3) is 0 Å². The van der Waals surface area contributed by atoms with Gasteiger partial charge in [-0.3, -0.25) is 0 Å². The number of alkyl halides is 1. The molecule has 66 valence electrons. The van der Waals surface area contributed by atoms with E-state index in [-0.39, 0.29) is 0 Å². The first-order chi connectivity index (χ1) is 5.72. The van der Waals surface area contributed by atoms with Crippen molar-refractivity contribution in [2.45, 2.75) is 18.4 Å². The molecule has 0 saturated heterocycles. The van der Waals surface area contributed by atoms with E-state index in [9.17, 15) is 4.21 Å². The van der Waals surface area contributed by atoms with E-state index in [1.54, 1.807) is 6.08 Å². The molecule has 0 aromatic heterocycles. The normalized spacial score (nSPS) is 18.8. The van der Waals surface area contributed by atoms with Gasteiger partial charge in [-0.1, -0.05) is 23.8 Å². The SMILES string of the molecule is O=S=C1C=CC(CC(O)Cl)=CC1. The van der Waals surface area contributed by atoms with Crippen LogP contribution in [0.5, 0.6) is 0 Å². The topological polar surface area (TPSA) is 37.3 Å². The molecule has 2 nitrogen and oxygen atoms in total. The van der Waals surface area contributed by atoms with Crippen LogP contribution in [0.1, 0.15) is 12.8 Å². The lowest BCUT2D eigenvalue weighted by Gasteiger charge is -2.07. The molecule has 1 rings (SSSR count). The lowest BCUT2D eigenvalue weighted by molar-refractivity contribution is 0.257. The average Bonchev–Trinajstić information content (AvgIpc) is 2.05. The molecule has 0 saturated carbocycles. The van der Waals surface area contributed by atoms with Crippen LogP contribution in [0.3, 0.4) is 0 Å². The van der Waals surface area contributed by atoms with Gasteiger partial charge in [-0.25, -0.2) is 4.21 Å². The van der Waals surface area contributed by atoms with Gasteiger partial charge in [0.15, 0.2) is 0 Å². The first kappa shape index (κ1) is 9.71. The van der Waals surface area contributed by atoms with E-state index in [4.69, 9.17) is 16.7 Å². The van der Waals surface area contributed by atoms with Crippen molar-refractivity contribution in [1.29, 1.82) is 0 Å². The molecule has 1 atom stereocenters. The molecular weight excluding hydrogens is 196 g/mol. The van der Waals surface area contributed by atoms with E-state index in [0.29, 0.717) is 24.1 Å². The summed E-state index contributed by atoms with van der Waals surface area (Å²) in [5, 5.41) is 8.84.